The molecule has 0 aliphatic carbocycles. The Hall–Kier alpha value is -2.72. The molecule has 1 fully saturated rings. The van der Waals surface area contributed by atoms with Crippen molar-refractivity contribution in [3.05, 3.63) is 57.5 Å². The molecule has 2 aromatic rings. The molecule has 0 bridgehead atoms. The molecular formula is C18H21N3O6S. The van der Waals surface area contributed by atoms with Crippen LogP contribution >= 0.6 is 0 Å². The summed E-state index contributed by atoms with van der Waals surface area (Å²) in [5.74, 6) is 0.142. The van der Waals surface area contributed by atoms with E-state index in [4.69, 9.17) is 4.42 Å². The van der Waals surface area contributed by atoms with Crippen LogP contribution in [-0.2, 0) is 21.4 Å². The van der Waals surface area contributed by atoms with Gasteiger partial charge in [-0.15, -0.1) is 0 Å². The van der Waals surface area contributed by atoms with Gasteiger partial charge < -0.3 is 9.73 Å². The van der Waals surface area contributed by atoms with Crippen LogP contribution in [0.1, 0.15) is 29.7 Å². The molecule has 0 radical (unpaired) electrons. The van der Waals surface area contributed by atoms with E-state index in [1.54, 1.807) is 26.0 Å². The molecule has 1 aliphatic rings. The first-order valence-electron chi connectivity index (χ1n) is 8.79. The first kappa shape index (κ1) is 20.0. The molecule has 1 amide bonds. The molecule has 3 rings (SSSR count). The van der Waals surface area contributed by atoms with Gasteiger partial charge in [0, 0.05) is 18.7 Å². The van der Waals surface area contributed by atoms with Crippen molar-refractivity contribution in [1.82, 2.24) is 9.62 Å². The summed E-state index contributed by atoms with van der Waals surface area (Å²) >= 11 is 0. The molecule has 0 spiro atoms. The minimum atomic E-state index is -4.07. The second-order valence-corrected chi connectivity index (χ2v) is 8.57. The van der Waals surface area contributed by atoms with Crippen molar-refractivity contribution in [1.29, 1.82) is 0 Å². The topological polar surface area (TPSA) is 123 Å². The highest BCUT2D eigenvalue weighted by atomic mass is 32.2. The Kier molecular flexibility index (Phi) is 5.52. The van der Waals surface area contributed by atoms with Crippen LogP contribution in [0.5, 0.6) is 0 Å². The standard InChI is InChI=1S/C18H21N3O6S/c1-12-9-14(21(23)24)10-17(13(12)2)28(25,26)20-7-3-6-16(20)18(22)19-11-15-5-4-8-27-15/h4-5,8-10,16H,3,6-7,11H2,1-2H3,(H,19,22). The maximum absolute atomic E-state index is 13.2. The Labute approximate surface area is 162 Å². The first-order chi connectivity index (χ1) is 13.2. The predicted octanol–water partition coefficient (Wildman–Crippen LogP) is 2.27. The van der Waals surface area contributed by atoms with E-state index in [0.29, 0.717) is 29.7 Å². The highest BCUT2D eigenvalue weighted by Gasteiger charge is 2.40. The molecule has 1 saturated heterocycles. The molecule has 0 saturated carbocycles. The minimum absolute atomic E-state index is 0.134. The zero-order chi connectivity index (χ0) is 20.5. The molecular weight excluding hydrogens is 386 g/mol. The molecule has 1 aliphatic heterocycles. The highest BCUT2D eigenvalue weighted by molar-refractivity contribution is 7.89. The summed E-state index contributed by atoms with van der Waals surface area (Å²) in [6.07, 6.45) is 2.41. The number of nitrogens with zero attached hydrogens (tertiary/aromatic N) is 2. The van der Waals surface area contributed by atoms with Gasteiger partial charge in [-0.25, -0.2) is 8.42 Å². The Bertz CT molecular complexity index is 1000. The van der Waals surface area contributed by atoms with Crippen molar-refractivity contribution >= 4 is 21.6 Å². The van der Waals surface area contributed by atoms with Gasteiger partial charge >= 0.3 is 0 Å². The number of carbonyl (C=O) groups is 1. The van der Waals surface area contributed by atoms with Crippen LogP contribution in [0.3, 0.4) is 0 Å². The van der Waals surface area contributed by atoms with Gasteiger partial charge in [0.1, 0.15) is 11.8 Å². The summed E-state index contributed by atoms with van der Waals surface area (Å²) in [5.41, 5.74) is 0.651. The van der Waals surface area contributed by atoms with Crippen LogP contribution in [0.4, 0.5) is 5.69 Å². The number of nitro benzene ring substituents is 1. The monoisotopic (exact) mass is 407 g/mol. The highest BCUT2D eigenvalue weighted by Crippen LogP contribution is 2.31. The molecule has 1 atom stereocenters. The fourth-order valence-corrected chi connectivity index (χ4v) is 5.28. The Morgan fingerprint density at radius 2 is 2.14 bits per heavy atom. The number of sulfonamides is 1. The van der Waals surface area contributed by atoms with Gasteiger partial charge in [-0.1, -0.05) is 0 Å². The van der Waals surface area contributed by atoms with Crippen molar-refractivity contribution in [3.8, 4) is 0 Å². The lowest BCUT2D eigenvalue weighted by Gasteiger charge is -2.24. The molecule has 9 nitrogen and oxygen atoms in total. The van der Waals surface area contributed by atoms with Crippen LogP contribution in [0.2, 0.25) is 0 Å². The number of hydrogen-bond acceptors (Lipinski definition) is 6. The Balaban J connectivity index is 1.88. The Morgan fingerprint density at radius 3 is 2.79 bits per heavy atom. The lowest BCUT2D eigenvalue weighted by atomic mass is 10.1. The van der Waals surface area contributed by atoms with E-state index in [-0.39, 0.29) is 23.7 Å². The van der Waals surface area contributed by atoms with E-state index in [1.165, 1.54) is 12.3 Å². The van der Waals surface area contributed by atoms with E-state index in [1.807, 2.05) is 0 Å². The largest absolute Gasteiger partial charge is 0.467 e. The van der Waals surface area contributed by atoms with Gasteiger partial charge in [0.05, 0.1) is 22.6 Å². The molecule has 10 heteroatoms. The van der Waals surface area contributed by atoms with Crippen molar-refractivity contribution in [3.63, 3.8) is 0 Å². The fraction of sp³-hybridized carbons (Fsp3) is 0.389. The molecule has 1 unspecified atom stereocenters. The summed E-state index contributed by atoms with van der Waals surface area (Å²) in [6.45, 7) is 3.57. The number of hydrogen-bond donors (Lipinski definition) is 1. The lowest BCUT2D eigenvalue weighted by molar-refractivity contribution is -0.385. The van der Waals surface area contributed by atoms with Crippen molar-refractivity contribution in [2.75, 3.05) is 6.54 Å². The van der Waals surface area contributed by atoms with Gasteiger partial charge in [0.15, 0.2) is 0 Å². The summed E-state index contributed by atoms with van der Waals surface area (Å²) in [5, 5.41) is 13.8. The summed E-state index contributed by atoms with van der Waals surface area (Å²) in [6, 6.07) is 4.94. The molecule has 28 heavy (non-hydrogen) atoms. The van der Waals surface area contributed by atoms with Gasteiger partial charge in [0.25, 0.3) is 5.69 Å². The third-order valence-electron chi connectivity index (χ3n) is 4.93. The number of aryl methyl sites for hydroxylation is 1. The van der Waals surface area contributed by atoms with Crippen molar-refractivity contribution in [2.24, 2.45) is 0 Å². The molecule has 1 aromatic heterocycles. The maximum atomic E-state index is 13.2. The van der Waals surface area contributed by atoms with Crippen molar-refractivity contribution < 1.29 is 22.6 Å². The van der Waals surface area contributed by atoms with Crippen LogP contribution < -0.4 is 5.32 Å². The molecule has 150 valence electrons. The SMILES string of the molecule is Cc1cc([N+](=O)[O-])cc(S(=O)(=O)N2CCCC2C(=O)NCc2ccco2)c1C. The zero-order valence-electron chi connectivity index (χ0n) is 15.5. The average Bonchev–Trinajstić information content (AvgIpc) is 3.33. The van der Waals surface area contributed by atoms with E-state index in [0.717, 1.165) is 10.4 Å². The van der Waals surface area contributed by atoms with E-state index in [9.17, 15) is 23.3 Å². The fourth-order valence-electron chi connectivity index (χ4n) is 3.30. The minimum Gasteiger partial charge on any atom is -0.467 e. The zero-order valence-corrected chi connectivity index (χ0v) is 16.4. The Morgan fingerprint density at radius 1 is 1.39 bits per heavy atom. The number of amides is 1. The van der Waals surface area contributed by atoms with Crippen LogP contribution in [-0.4, -0.2) is 36.1 Å². The van der Waals surface area contributed by atoms with Gasteiger partial charge in [-0.2, -0.15) is 4.31 Å². The second kappa shape index (κ2) is 7.72. The van der Waals surface area contributed by atoms with Crippen LogP contribution in [0.25, 0.3) is 0 Å². The number of nitro groups is 1. The molecule has 2 heterocycles. The summed E-state index contributed by atoms with van der Waals surface area (Å²) in [4.78, 5) is 23.0. The third kappa shape index (κ3) is 3.78. The van der Waals surface area contributed by atoms with Crippen LogP contribution in [0.15, 0.2) is 39.8 Å². The van der Waals surface area contributed by atoms with Crippen LogP contribution in [0, 0.1) is 24.0 Å². The smallest absolute Gasteiger partial charge is 0.271 e. The average molecular weight is 407 g/mol. The number of non-ortho nitro benzene ring substituents is 1. The number of carbonyl (C=O) groups excluding carboxylic acids is 1. The second-order valence-electron chi connectivity index (χ2n) is 6.71. The van der Waals surface area contributed by atoms with Gasteiger partial charge in [-0.05, 0) is 49.9 Å². The number of furan rings is 1. The van der Waals surface area contributed by atoms with E-state index >= 15 is 0 Å². The number of rotatable bonds is 6. The normalized spacial score (nSPS) is 17.6. The lowest BCUT2D eigenvalue weighted by Crippen LogP contribution is -2.45. The molecule has 1 N–H and O–H groups in total. The quantitative estimate of drug-likeness (QED) is 0.579. The summed E-state index contributed by atoms with van der Waals surface area (Å²) in [7, 11) is -4.07. The van der Waals surface area contributed by atoms with Gasteiger partial charge in [0.2, 0.25) is 15.9 Å². The van der Waals surface area contributed by atoms with Crippen molar-refractivity contribution in [2.45, 2.75) is 44.2 Å². The number of nitrogens with one attached hydrogen (secondary N) is 1. The van der Waals surface area contributed by atoms with Gasteiger partial charge in [-0.3, -0.25) is 14.9 Å². The predicted molar refractivity (Wildman–Crippen MR) is 100 cm³/mol. The maximum Gasteiger partial charge on any atom is 0.271 e. The van der Waals surface area contributed by atoms with E-state index in [2.05, 4.69) is 5.32 Å². The number of benzene rings is 1. The van der Waals surface area contributed by atoms with E-state index < -0.39 is 26.9 Å². The summed E-state index contributed by atoms with van der Waals surface area (Å²) < 4.78 is 32.8. The first-order valence-corrected chi connectivity index (χ1v) is 10.2. The third-order valence-corrected chi connectivity index (χ3v) is 6.96. The molecule has 1 aromatic carbocycles.